The fourth-order valence-electron chi connectivity index (χ4n) is 5.05. The van der Waals surface area contributed by atoms with E-state index < -0.39 is 30.6 Å². The van der Waals surface area contributed by atoms with Crippen LogP contribution in [-0.4, -0.2) is 75.1 Å². The van der Waals surface area contributed by atoms with Crippen LogP contribution in [-0.2, 0) is 28.6 Å². The van der Waals surface area contributed by atoms with Crippen molar-refractivity contribution in [1.82, 2.24) is 10.6 Å². The Bertz CT molecular complexity index is 1360. The maximum atomic E-state index is 13.4. The van der Waals surface area contributed by atoms with Gasteiger partial charge < -0.3 is 30.0 Å². The second-order valence-electron chi connectivity index (χ2n) is 12.8. The second kappa shape index (κ2) is 25.0. The molecule has 0 aliphatic carbocycles. The highest BCUT2D eigenvalue weighted by molar-refractivity contribution is 5.88. The molecule has 0 spiro atoms. The van der Waals surface area contributed by atoms with Crippen molar-refractivity contribution in [2.75, 3.05) is 27.4 Å². The molecule has 1 heterocycles. The van der Waals surface area contributed by atoms with Crippen LogP contribution in [0.4, 0.5) is 0 Å². The molecule has 1 aliphatic heterocycles. The smallest absolute Gasteiger partial charge is 0.334 e. The summed E-state index contributed by atoms with van der Waals surface area (Å²) in [7, 11) is 3.42. The van der Waals surface area contributed by atoms with Crippen LogP contribution < -0.4 is 10.6 Å². The third-order valence-corrected chi connectivity index (χ3v) is 8.17. The summed E-state index contributed by atoms with van der Waals surface area (Å²) in [4.78, 5) is 36.3. The highest BCUT2D eigenvalue weighted by atomic mass is 16.5. The van der Waals surface area contributed by atoms with Gasteiger partial charge in [0.25, 0.3) is 0 Å². The topological polar surface area (TPSA) is 123 Å². The van der Waals surface area contributed by atoms with Gasteiger partial charge in [-0.05, 0) is 65.4 Å². The summed E-state index contributed by atoms with van der Waals surface area (Å²) in [5.74, 6) is -1.06. The third kappa shape index (κ3) is 18.1. The molecule has 0 saturated carbocycles. The van der Waals surface area contributed by atoms with E-state index in [1.54, 1.807) is 21.1 Å². The minimum absolute atomic E-state index is 0.00986. The van der Waals surface area contributed by atoms with Gasteiger partial charge in [0.2, 0.25) is 12.3 Å². The highest BCUT2D eigenvalue weighted by Crippen LogP contribution is 2.21. The van der Waals surface area contributed by atoms with Gasteiger partial charge in [0.1, 0.15) is 12.1 Å². The van der Waals surface area contributed by atoms with E-state index in [9.17, 15) is 19.5 Å². The summed E-state index contributed by atoms with van der Waals surface area (Å²) in [6, 6.07) is -1.02. The number of rotatable bonds is 10. The molecule has 9 nitrogen and oxygen atoms in total. The van der Waals surface area contributed by atoms with Crippen molar-refractivity contribution in [2.45, 2.75) is 92.1 Å². The zero-order valence-corrected chi connectivity index (χ0v) is 31.5. The van der Waals surface area contributed by atoms with Crippen LogP contribution >= 0.6 is 0 Å². The summed E-state index contributed by atoms with van der Waals surface area (Å²) < 4.78 is 17.5. The molecule has 3 N–H and O–H groups in total. The minimum atomic E-state index is -1.02. The Kier molecular flexibility index (Phi) is 22.0. The first-order chi connectivity index (χ1) is 23.8. The molecule has 0 aromatic carbocycles. The first-order valence-corrected chi connectivity index (χ1v) is 17.3. The first-order valence-electron chi connectivity index (χ1n) is 17.3. The zero-order valence-electron chi connectivity index (χ0n) is 31.5. The number of aliphatic hydroxyl groups excluding tert-OH is 1. The maximum Gasteiger partial charge on any atom is 0.334 e. The van der Waals surface area contributed by atoms with Gasteiger partial charge in [0.15, 0.2) is 0 Å². The molecule has 0 radical (unpaired) electrons. The molecular weight excluding hydrogens is 632 g/mol. The number of esters is 1. The SMILES string of the molecule is COC1/C=C(C)/C=C/[C@@H](C)/C=C(\C)C(=O)O[C@H](/C(C)=C/C=C(\C)CNC(=O)[C@H](CO)NC=O)[C@@H](C)/C=C/C=C/C(OC)CC/C=C(C)\C=C\C1. The van der Waals surface area contributed by atoms with Crippen molar-refractivity contribution >= 4 is 18.3 Å². The molecular formula is C41H60N2O7. The number of hydrogen-bond donors (Lipinski definition) is 3. The van der Waals surface area contributed by atoms with Crippen LogP contribution in [0.25, 0.3) is 0 Å². The summed E-state index contributed by atoms with van der Waals surface area (Å²) in [5, 5.41) is 14.3. The molecule has 276 valence electrons. The lowest BCUT2D eigenvalue weighted by Crippen LogP contribution is -2.46. The van der Waals surface area contributed by atoms with Gasteiger partial charge in [-0.25, -0.2) is 4.79 Å². The normalized spacial score (nSPS) is 30.3. The molecule has 1 rings (SSSR count). The van der Waals surface area contributed by atoms with E-state index in [4.69, 9.17) is 14.2 Å². The fraction of sp³-hybridized carbons (Fsp3) is 0.488. The third-order valence-electron chi connectivity index (χ3n) is 8.17. The molecule has 6 atom stereocenters. The molecule has 1 aliphatic rings. The predicted octanol–water partition coefficient (Wildman–Crippen LogP) is 6.56. The van der Waals surface area contributed by atoms with Crippen LogP contribution in [0.5, 0.6) is 0 Å². The van der Waals surface area contributed by atoms with Gasteiger partial charge in [-0.2, -0.15) is 0 Å². The lowest BCUT2D eigenvalue weighted by Gasteiger charge is -2.23. The monoisotopic (exact) mass is 692 g/mol. The van der Waals surface area contributed by atoms with Crippen LogP contribution in [0.1, 0.15) is 67.7 Å². The molecule has 2 unspecified atom stereocenters. The summed E-state index contributed by atoms with van der Waals surface area (Å²) in [5.41, 5.74) is 4.42. The largest absolute Gasteiger partial charge is 0.454 e. The van der Waals surface area contributed by atoms with E-state index in [-0.39, 0.29) is 30.6 Å². The zero-order chi connectivity index (χ0) is 37.5. The van der Waals surface area contributed by atoms with Gasteiger partial charge in [-0.15, -0.1) is 0 Å². The molecule has 0 bridgehead atoms. The summed E-state index contributed by atoms with van der Waals surface area (Å²) in [6.45, 7) is 13.4. The molecule has 2 amide bonds. The van der Waals surface area contributed by atoms with Crippen molar-refractivity contribution < 1.29 is 33.7 Å². The number of methoxy groups -OCH3 is 2. The van der Waals surface area contributed by atoms with Crippen LogP contribution in [0.15, 0.2) is 107 Å². The summed E-state index contributed by atoms with van der Waals surface area (Å²) >= 11 is 0. The Morgan fingerprint density at radius 3 is 2.36 bits per heavy atom. The van der Waals surface area contributed by atoms with Gasteiger partial charge in [-0.3, -0.25) is 9.59 Å². The average Bonchev–Trinajstić information content (AvgIpc) is 3.09. The molecule has 0 fully saturated rings. The number of carbonyl (C=O) groups is 3. The molecule has 0 aromatic rings. The van der Waals surface area contributed by atoms with E-state index in [1.165, 1.54) is 5.57 Å². The lowest BCUT2D eigenvalue weighted by atomic mass is 9.96. The first kappa shape index (κ1) is 44.0. The Morgan fingerprint density at radius 2 is 1.70 bits per heavy atom. The van der Waals surface area contributed by atoms with Gasteiger partial charge in [0, 0.05) is 32.3 Å². The molecule has 0 aromatic heterocycles. The number of allylic oxidation sites excluding steroid dienone is 11. The van der Waals surface area contributed by atoms with Crippen LogP contribution in [0, 0.1) is 11.8 Å². The van der Waals surface area contributed by atoms with Gasteiger partial charge >= 0.3 is 5.97 Å². The number of amides is 2. The quantitative estimate of drug-likeness (QED) is 0.135. The lowest BCUT2D eigenvalue weighted by molar-refractivity contribution is -0.144. The molecule has 9 heteroatoms. The maximum absolute atomic E-state index is 13.4. The van der Waals surface area contributed by atoms with E-state index >= 15 is 0 Å². The summed E-state index contributed by atoms with van der Waals surface area (Å²) in [6.07, 6.45) is 28.4. The van der Waals surface area contributed by atoms with Crippen LogP contribution in [0.3, 0.4) is 0 Å². The van der Waals surface area contributed by atoms with Crippen molar-refractivity contribution in [3.63, 3.8) is 0 Å². The van der Waals surface area contributed by atoms with Crippen molar-refractivity contribution in [2.24, 2.45) is 11.8 Å². The van der Waals surface area contributed by atoms with E-state index in [2.05, 4.69) is 41.9 Å². The Balaban J connectivity index is 3.39. The number of carbonyl (C=O) groups excluding carboxylic acids is 3. The van der Waals surface area contributed by atoms with Crippen molar-refractivity contribution in [1.29, 1.82) is 0 Å². The minimum Gasteiger partial charge on any atom is -0.454 e. The highest BCUT2D eigenvalue weighted by Gasteiger charge is 2.22. The van der Waals surface area contributed by atoms with Crippen LogP contribution in [0.2, 0.25) is 0 Å². The molecule has 0 saturated heterocycles. The number of aliphatic hydroxyl groups is 1. The Labute approximate surface area is 300 Å². The predicted molar refractivity (Wildman–Crippen MR) is 202 cm³/mol. The Morgan fingerprint density at radius 1 is 1.00 bits per heavy atom. The number of ether oxygens (including phenoxy) is 3. The Hall–Kier alpha value is -4.05. The van der Waals surface area contributed by atoms with E-state index in [1.807, 2.05) is 89.3 Å². The second-order valence-corrected chi connectivity index (χ2v) is 12.8. The number of nitrogens with one attached hydrogen (secondary N) is 2. The number of cyclic esters (lactones) is 1. The van der Waals surface area contributed by atoms with Gasteiger partial charge in [0.05, 0.1) is 18.8 Å². The number of hydrogen-bond acceptors (Lipinski definition) is 7. The van der Waals surface area contributed by atoms with E-state index in [0.29, 0.717) is 12.0 Å². The van der Waals surface area contributed by atoms with Crippen molar-refractivity contribution in [3.05, 3.63) is 107 Å². The standard InChI is InChI=1S/C41H60N2O7/c1-29-14-12-18-36(48-8)17-11-10-16-33(5)39(34(6)23-22-32(4)26-42-40(46)38(27-44)43-28-45)50-41(47)35(7)24-30(2)20-21-31(3)25-37(49-9)19-13-15-29/h10-11,13-17,20-25,28,30,33,36-39,44H,12,18-19,26-27H2,1-9H3,(H,42,46)(H,43,45)/b15-13+,16-10+,17-11+,21-20+,29-14-,31-25+,32-22+,34-23+,35-24+/t30-,33+,36?,37?,38+,39+/m1/s1. The van der Waals surface area contributed by atoms with Crippen molar-refractivity contribution in [3.8, 4) is 0 Å². The fourth-order valence-corrected chi connectivity index (χ4v) is 5.05. The van der Waals surface area contributed by atoms with E-state index in [0.717, 1.165) is 36.0 Å². The molecule has 50 heavy (non-hydrogen) atoms. The average molecular weight is 693 g/mol. The van der Waals surface area contributed by atoms with Gasteiger partial charge in [-0.1, -0.05) is 110 Å².